The minimum Gasteiger partial charge on any atom is -0.492 e. The number of pyridine rings is 1. The van der Waals surface area contributed by atoms with E-state index in [-0.39, 0.29) is 5.91 Å². The molecular formula is C18H16ClN3O2S. The van der Waals surface area contributed by atoms with E-state index in [0.29, 0.717) is 38.6 Å². The van der Waals surface area contributed by atoms with Gasteiger partial charge >= 0.3 is 0 Å². The lowest BCUT2D eigenvalue weighted by Crippen LogP contribution is -2.12. The maximum Gasteiger partial charge on any atom is 0.267 e. The van der Waals surface area contributed by atoms with E-state index in [4.69, 9.17) is 16.3 Å². The third-order valence-electron chi connectivity index (χ3n) is 3.38. The van der Waals surface area contributed by atoms with Gasteiger partial charge in [-0.15, -0.1) is 11.3 Å². The second-order valence-electron chi connectivity index (χ2n) is 5.18. The molecule has 2 heterocycles. The first-order valence-electron chi connectivity index (χ1n) is 7.71. The molecule has 1 aromatic carbocycles. The Morgan fingerprint density at radius 1 is 1.32 bits per heavy atom. The molecule has 0 aliphatic carbocycles. The van der Waals surface area contributed by atoms with Crippen molar-refractivity contribution in [1.29, 1.82) is 0 Å². The summed E-state index contributed by atoms with van der Waals surface area (Å²) < 4.78 is 5.54. The quantitative estimate of drug-likeness (QED) is 0.696. The van der Waals surface area contributed by atoms with Gasteiger partial charge in [0.2, 0.25) is 0 Å². The molecule has 0 saturated carbocycles. The summed E-state index contributed by atoms with van der Waals surface area (Å²) in [5.74, 6) is 0.327. The second kappa shape index (κ2) is 7.63. The molecule has 3 aromatic rings. The van der Waals surface area contributed by atoms with Crippen LogP contribution in [0.3, 0.4) is 0 Å². The van der Waals surface area contributed by atoms with Crippen LogP contribution in [0.15, 0.2) is 42.6 Å². The van der Waals surface area contributed by atoms with Gasteiger partial charge in [0.25, 0.3) is 5.91 Å². The van der Waals surface area contributed by atoms with Gasteiger partial charge in [-0.3, -0.25) is 9.78 Å². The Morgan fingerprint density at radius 3 is 2.88 bits per heavy atom. The molecule has 7 heteroatoms. The van der Waals surface area contributed by atoms with Crippen LogP contribution < -0.4 is 10.1 Å². The van der Waals surface area contributed by atoms with E-state index in [2.05, 4.69) is 15.3 Å². The highest BCUT2D eigenvalue weighted by atomic mass is 35.5. The zero-order chi connectivity index (χ0) is 17.8. The van der Waals surface area contributed by atoms with Gasteiger partial charge in [-0.25, -0.2) is 4.98 Å². The molecule has 1 N–H and O–H groups in total. The summed E-state index contributed by atoms with van der Waals surface area (Å²) in [4.78, 5) is 22.0. The SMILES string of the molecule is CCOc1ccc(Cl)cc1NC(=O)c1sc(-c2ccccn2)nc1C. The molecule has 0 unspecified atom stereocenters. The normalized spacial score (nSPS) is 10.5. The number of thiazole rings is 1. The largest absolute Gasteiger partial charge is 0.492 e. The van der Waals surface area contributed by atoms with Crippen LogP contribution in [0.4, 0.5) is 5.69 Å². The Kier molecular flexibility index (Phi) is 5.31. The highest BCUT2D eigenvalue weighted by molar-refractivity contribution is 7.17. The summed E-state index contributed by atoms with van der Waals surface area (Å²) in [6, 6.07) is 10.7. The number of aryl methyl sites for hydroxylation is 1. The van der Waals surface area contributed by atoms with Crippen LogP contribution in [0, 0.1) is 6.92 Å². The monoisotopic (exact) mass is 373 g/mol. The summed E-state index contributed by atoms with van der Waals surface area (Å²) >= 11 is 7.34. The molecule has 0 aliphatic rings. The summed E-state index contributed by atoms with van der Waals surface area (Å²) in [6.07, 6.45) is 1.70. The Labute approximate surface area is 154 Å². The summed E-state index contributed by atoms with van der Waals surface area (Å²) in [5, 5.41) is 4.09. The average molecular weight is 374 g/mol. The Morgan fingerprint density at radius 2 is 2.16 bits per heavy atom. The summed E-state index contributed by atoms with van der Waals surface area (Å²) in [7, 11) is 0. The third kappa shape index (κ3) is 3.97. The summed E-state index contributed by atoms with van der Waals surface area (Å²) in [6.45, 7) is 4.18. The van der Waals surface area contributed by atoms with Crippen LogP contribution in [0.1, 0.15) is 22.3 Å². The van der Waals surface area contributed by atoms with Crippen molar-refractivity contribution in [2.45, 2.75) is 13.8 Å². The highest BCUT2D eigenvalue weighted by Gasteiger charge is 2.18. The maximum absolute atomic E-state index is 12.7. The first kappa shape index (κ1) is 17.4. The minimum atomic E-state index is -0.250. The lowest BCUT2D eigenvalue weighted by molar-refractivity contribution is 0.102. The predicted molar refractivity (Wildman–Crippen MR) is 101 cm³/mol. The van der Waals surface area contributed by atoms with Crippen molar-refractivity contribution in [2.75, 3.05) is 11.9 Å². The standard InChI is InChI=1S/C18H16ClN3O2S/c1-3-24-15-8-7-12(19)10-14(15)22-17(23)16-11(2)21-18(25-16)13-6-4-5-9-20-13/h4-10H,3H2,1-2H3,(H,22,23). The molecule has 1 amide bonds. The van der Waals surface area contributed by atoms with Crippen molar-refractivity contribution in [2.24, 2.45) is 0 Å². The van der Waals surface area contributed by atoms with Crippen LogP contribution in [-0.4, -0.2) is 22.5 Å². The molecule has 0 saturated heterocycles. The summed E-state index contributed by atoms with van der Waals surface area (Å²) in [5.41, 5.74) is 1.93. The van der Waals surface area contributed by atoms with Gasteiger partial charge in [-0.2, -0.15) is 0 Å². The number of carbonyl (C=O) groups is 1. The van der Waals surface area contributed by atoms with E-state index in [1.54, 1.807) is 31.3 Å². The molecule has 3 rings (SSSR count). The second-order valence-corrected chi connectivity index (χ2v) is 6.61. The van der Waals surface area contributed by atoms with Crippen LogP contribution in [0.25, 0.3) is 10.7 Å². The fraction of sp³-hybridized carbons (Fsp3) is 0.167. The lowest BCUT2D eigenvalue weighted by atomic mass is 10.2. The van der Waals surface area contributed by atoms with E-state index in [1.807, 2.05) is 25.1 Å². The zero-order valence-corrected chi connectivity index (χ0v) is 15.3. The number of hydrogen-bond acceptors (Lipinski definition) is 5. The molecule has 0 fully saturated rings. The third-order valence-corrected chi connectivity index (χ3v) is 4.79. The van der Waals surface area contributed by atoms with Crippen molar-refractivity contribution in [3.8, 4) is 16.5 Å². The van der Waals surface area contributed by atoms with Crippen molar-refractivity contribution >= 4 is 34.5 Å². The molecule has 0 atom stereocenters. The van der Waals surface area contributed by atoms with Crippen molar-refractivity contribution in [3.63, 3.8) is 0 Å². The Bertz CT molecular complexity index is 897. The smallest absolute Gasteiger partial charge is 0.267 e. The van der Waals surface area contributed by atoms with Gasteiger partial charge < -0.3 is 10.1 Å². The van der Waals surface area contributed by atoms with E-state index < -0.39 is 0 Å². The number of aromatic nitrogens is 2. The topological polar surface area (TPSA) is 64.1 Å². The van der Waals surface area contributed by atoms with Crippen molar-refractivity contribution in [3.05, 3.63) is 58.2 Å². The molecule has 25 heavy (non-hydrogen) atoms. The predicted octanol–water partition coefficient (Wildman–Crippen LogP) is 4.82. The van der Waals surface area contributed by atoms with Crippen molar-refractivity contribution in [1.82, 2.24) is 9.97 Å². The number of hydrogen-bond donors (Lipinski definition) is 1. The van der Waals surface area contributed by atoms with E-state index in [1.165, 1.54) is 11.3 Å². The van der Waals surface area contributed by atoms with Crippen LogP contribution in [0.2, 0.25) is 5.02 Å². The molecule has 0 bridgehead atoms. The number of anilines is 1. The Balaban J connectivity index is 1.87. The number of ether oxygens (including phenoxy) is 1. The maximum atomic E-state index is 12.7. The van der Waals surface area contributed by atoms with Crippen molar-refractivity contribution < 1.29 is 9.53 Å². The molecule has 0 aliphatic heterocycles. The van der Waals surface area contributed by atoms with Gasteiger partial charge in [-0.1, -0.05) is 17.7 Å². The highest BCUT2D eigenvalue weighted by Crippen LogP contribution is 2.31. The van der Waals surface area contributed by atoms with Gasteiger partial charge in [0.05, 0.1) is 23.7 Å². The van der Waals surface area contributed by atoms with E-state index >= 15 is 0 Å². The van der Waals surface area contributed by atoms with Crippen LogP contribution in [-0.2, 0) is 0 Å². The fourth-order valence-corrected chi connectivity index (χ4v) is 3.38. The first-order valence-corrected chi connectivity index (χ1v) is 8.90. The first-order chi connectivity index (χ1) is 12.1. The number of carbonyl (C=O) groups excluding carboxylic acids is 1. The molecule has 5 nitrogen and oxygen atoms in total. The minimum absolute atomic E-state index is 0.250. The van der Waals surface area contributed by atoms with Gasteiger partial charge in [0, 0.05) is 11.2 Å². The van der Waals surface area contributed by atoms with Gasteiger partial charge in [-0.05, 0) is 44.2 Å². The fourth-order valence-electron chi connectivity index (χ4n) is 2.27. The Hall–Kier alpha value is -2.44. The van der Waals surface area contributed by atoms with E-state index in [0.717, 1.165) is 5.69 Å². The lowest BCUT2D eigenvalue weighted by Gasteiger charge is -2.11. The molecule has 0 radical (unpaired) electrons. The average Bonchev–Trinajstić information content (AvgIpc) is 3.00. The zero-order valence-electron chi connectivity index (χ0n) is 13.7. The molecule has 0 spiro atoms. The van der Waals surface area contributed by atoms with Crippen LogP contribution in [0.5, 0.6) is 5.75 Å². The number of amides is 1. The number of nitrogens with zero attached hydrogens (tertiary/aromatic N) is 2. The molecule has 2 aromatic heterocycles. The number of benzene rings is 1. The molecular weight excluding hydrogens is 358 g/mol. The number of nitrogens with one attached hydrogen (secondary N) is 1. The number of rotatable bonds is 5. The van der Waals surface area contributed by atoms with Gasteiger partial charge in [0.1, 0.15) is 15.6 Å². The van der Waals surface area contributed by atoms with E-state index in [9.17, 15) is 4.79 Å². The number of halogens is 1. The molecule has 128 valence electrons. The van der Waals surface area contributed by atoms with Crippen LogP contribution >= 0.6 is 22.9 Å². The van der Waals surface area contributed by atoms with Gasteiger partial charge in [0.15, 0.2) is 0 Å².